The highest BCUT2D eigenvalue weighted by Crippen LogP contribution is 2.33. The Morgan fingerprint density at radius 3 is 2.64 bits per heavy atom. The van der Waals surface area contributed by atoms with E-state index in [0.717, 1.165) is 11.4 Å². The van der Waals surface area contributed by atoms with Crippen molar-refractivity contribution in [3.05, 3.63) is 58.1 Å². The fraction of sp³-hybridized carbons (Fsp3) is 0.278. The zero-order chi connectivity index (χ0) is 20.1. The number of halogens is 2. The predicted molar refractivity (Wildman–Crippen MR) is 105 cm³/mol. The van der Waals surface area contributed by atoms with Gasteiger partial charge in [0.15, 0.2) is 5.75 Å². The molecular formula is C18H19Cl2N5O3. The summed E-state index contributed by atoms with van der Waals surface area (Å²) in [6, 6.07) is 6.80. The summed E-state index contributed by atoms with van der Waals surface area (Å²) in [6.45, 7) is 2.96. The number of hydrogen-bond acceptors (Lipinski definition) is 4. The maximum absolute atomic E-state index is 10.8. The lowest BCUT2D eigenvalue weighted by Gasteiger charge is -2.12. The Bertz CT molecular complexity index is 936. The summed E-state index contributed by atoms with van der Waals surface area (Å²) in [5.74, 6) is 1.09. The number of ether oxygens (including phenoxy) is 1. The van der Waals surface area contributed by atoms with Crippen molar-refractivity contribution in [1.29, 1.82) is 0 Å². The highest BCUT2D eigenvalue weighted by atomic mass is 35.5. The molecule has 0 saturated carbocycles. The number of rotatable bonds is 8. The van der Waals surface area contributed by atoms with Gasteiger partial charge in [-0.2, -0.15) is 10.2 Å². The Hall–Kier alpha value is -2.71. The van der Waals surface area contributed by atoms with E-state index in [9.17, 15) is 4.79 Å². The smallest absolute Gasteiger partial charge is 0.404 e. The first-order chi connectivity index (χ1) is 13.5. The Morgan fingerprint density at radius 1 is 1.29 bits per heavy atom. The zero-order valence-electron chi connectivity index (χ0n) is 15.1. The molecule has 0 radical (unpaired) electrons. The maximum atomic E-state index is 10.8. The lowest BCUT2D eigenvalue weighted by atomic mass is 10.2. The second-order valence-electron chi connectivity index (χ2n) is 5.94. The zero-order valence-corrected chi connectivity index (χ0v) is 16.6. The SMILES string of the molecule is CCc1nn(CCNC(=O)O)c(Cn2cccn2)c1Oc1cc(Cl)cc(Cl)c1. The molecule has 3 aromatic rings. The van der Waals surface area contributed by atoms with E-state index in [2.05, 4.69) is 15.5 Å². The highest BCUT2D eigenvalue weighted by molar-refractivity contribution is 6.34. The van der Waals surface area contributed by atoms with Gasteiger partial charge in [-0.15, -0.1) is 0 Å². The number of aromatic nitrogens is 4. The number of amides is 1. The van der Waals surface area contributed by atoms with Crippen molar-refractivity contribution in [3.8, 4) is 11.5 Å². The third-order valence-electron chi connectivity index (χ3n) is 3.94. The molecule has 2 heterocycles. The minimum atomic E-state index is -1.08. The van der Waals surface area contributed by atoms with Crippen molar-refractivity contribution in [2.45, 2.75) is 26.4 Å². The van der Waals surface area contributed by atoms with Gasteiger partial charge in [0, 0.05) is 29.0 Å². The predicted octanol–water partition coefficient (Wildman–Crippen LogP) is 4.06. The molecule has 0 atom stereocenters. The van der Waals surface area contributed by atoms with E-state index in [1.165, 1.54) is 0 Å². The van der Waals surface area contributed by atoms with E-state index in [1.807, 2.05) is 19.2 Å². The van der Waals surface area contributed by atoms with Crippen LogP contribution in [0.25, 0.3) is 0 Å². The third-order valence-corrected chi connectivity index (χ3v) is 4.38. The molecule has 0 fully saturated rings. The number of carbonyl (C=O) groups is 1. The maximum Gasteiger partial charge on any atom is 0.404 e. The van der Waals surface area contributed by atoms with Gasteiger partial charge in [-0.05, 0) is 30.7 Å². The van der Waals surface area contributed by atoms with Crippen LogP contribution in [-0.4, -0.2) is 37.3 Å². The summed E-state index contributed by atoms with van der Waals surface area (Å²) in [7, 11) is 0. The Labute approximate surface area is 171 Å². The first kappa shape index (κ1) is 20.0. The van der Waals surface area contributed by atoms with Crippen molar-refractivity contribution in [2.24, 2.45) is 0 Å². The van der Waals surface area contributed by atoms with Crippen LogP contribution in [0, 0.1) is 0 Å². The number of carboxylic acid groups (broad SMARTS) is 1. The van der Waals surface area contributed by atoms with Crippen LogP contribution < -0.4 is 10.1 Å². The number of hydrogen-bond donors (Lipinski definition) is 2. The van der Waals surface area contributed by atoms with Crippen molar-refractivity contribution >= 4 is 29.3 Å². The number of aryl methyl sites for hydroxylation is 1. The van der Waals surface area contributed by atoms with Gasteiger partial charge in [-0.25, -0.2) is 4.79 Å². The molecule has 8 nitrogen and oxygen atoms in total. The summed E-state index contributed by atoms with van der Waals surface area (Å²) < 4.78 is 9.60. The van der Waals surface area contributed by atoms with E-state index >= 15 is 0 Å². The Kier molecular flexibility index (Phi) is 6.43. The summed E-state index contributed by atoms with van der Waals surface area (Å²) in [4.78, 5) is 10.8. The van der Waals surface area contributed by atoms with Crippen LogP contribution in [0.5, 0.6) is 11.5 Å². The fourth-order valence-electron chi connectivity index (χ4n) is 2.74. The molecule has 2 N–H and O–H groups in total. The van der Waals surface area contributed by atoms with Crippen LogP contribution in [-0.2, 0) is 19.5 Å². The van der Waals surface area contributed by atoms with Gasteiger partial charge in [-0.3, -0.25) is 9.36 Å². The monoisotopic (exact) mass is 423 g/mol. The molecule has 28 heavy (non-hydrogen) atoms. The van der Waals surface area contributed by atoms with E-state index in [1.54, 1.807) is 33.8 Å². The number of nitrogens with one attached hydrogen (secondary N) is 1. The second-order valence-corrected chi connectivity index (χ2v) is 6.81. The van der Waals surface area contributed by atoms with Crippen LogP contribution in [0.3, 0.4) is 0 Å². The van der Waals surface area contributed by atoms with Gasteiger partial charge in [-0.1, -0.05) is 30.1 Å². The first-order valence-corrected chi connectivity index (χ1v) is 9.38. The molecule has 1 amide bonds. The van der Waals surface area contributed by atoms with Gasteiger partial charge in [0.2, 0.25) is 0 Å². The minimum Gasteiger partial charge on any atom is -0.465 e. The summed E-state index contributed by atoms with van der Waals surface area (Å²) >= 11 is 12.2. The summed E-state index contributed by atoms with van der Waals surface area (Å²) in [5.41, 5.74) is 1.51. The molecule has 0 aliphatic rings. The molecule has 0 saturated heterocycles. The van der Waals surface area contributed by atoms with Crippen LogP contribution in [0.15, 0.2) is 36.7 Å². The standard InChI is InChI=1S/C18H19Cl2N5O3/c1-2-15-17(28-14-9-12(19)8-13(20)10-14)16(11-24-6-3-4-22-24)25(23-15)7-5-21-18(26)27/h3-4,6,8-10,21H,2,5,7,11H2,1H3,(H,26,27). The lowest BCUT2D eigenvalue weighted by Crippen LogP contribution is -2.26. The van der Waals surface area contributed by atoms with Crippen LogP contribution >= 0.6 is 23.2 Å². The Morgan fingerprint density at radius 2 is 2.04 bits per heavy atom. The van der Waals surface area contributed by atoms with Gasteiger partial charge in [0.05, 0.1) is 13.1 Å². The second kappa shape index (κ2) is 8.99. The van der Waals surface area contributed by atoms with Crippen molar-refractivity contribution in [2.75, 3.05) is 6.54 Å². The molecule has 10 heteroatoms. The molecule has 0 spiro atoms. The third kappa shape index (κ3) is 4.96. The van der Waals surface area contributed by atoms with E-state index in [-0.39, 0.29) is 6.54 Å². The summed E-state index contributed by atoms with van der Waals surface area (Å²) in [6.07, 6.45) is 3.07. The average Bonchev–Trinajstić information content (AvgIpc) is 3.24. The van der Waals surface area contributed by atoms with Crippen LogP contribution in [0.1, 0.15) is 18.3 Å². The van der Waals surface area contributed by atoms with E-state index in [4.69, 9.17) is 33.0 Å². The molecule has 148 valence electrons. The highest BCUT2D eigenvalue weighted by Gasteiger charge is 2.20. The number of benzene rings is 1. The fourth-order valence-corrected chi connectivity index (χ4v) is 3.25. The van der Waals surface area contributed by atoms with Crippen LogP contribution in [0.4, 0.5) is 4.79 Å². The molecule has 0 bridgehead atoms. The number of nitrogens with zero attached hydrogens (tertiary/aromatic N) is 4. The topological polar surface area (TPSA) is 94.2 Å². The molecule has 3 rings (SSSR count). The molecule has 1 aromatic carbocycles. The van der Waals surface area contributed by atoms with E-state index < -0.39 is 6.09 Å². The molecule has 0 aliphatic heterocycles. The quantitative estimate of drug-likeness (QED) is 0.569. The van der Waals surface area contributed by atoms with Crippen LogP contribution in [0.2, 0.25) is 10.0 Å². The molecule has 2 aromatic heterocycles. The van der Waals surface area contributed by atoms with Gasteiger partial charge >= 0.3 is 6.09 Å². The average molecular weight is 424 g/mol. The normalized spacial score (nSPS) is 10.8. The van der Waals surface area contributed by atoms with Crippen molar-refractivity contribution < 1.29 is 14.6 Å². The minimum absolute atomic E-state index is 0.217. The Balaban J connectivity index is 1.97. The molecule has 0 aliphatic carbocycles. The first-order valence-electron chi connectivity index (χ1n) is 8.63. The summed E-state index contributed by atoms with van der Waals surface area (Å²) in [5, 5.41) is 20.9. The largest absolute Gasteiger partial charge is 0.465 e. The van der Waals surface area contributed by atoms with Gasteiger partial charge < -0.3 is 15.2 Å². The lowest BCUT2D eigenvalue weighted by molar-refractivity contribution is 0.194. The molecular weight excluding hydrogens is 405 g/mol. The van der Waals surface area contributed by atoms with E-state index in [0.29, 0.717) is 41.1 Å². The van der Waals surface area contributed by atoms with Gasteiger partial charge in [0.25, 0.3) is 0 Å². The van der Waals surface area contributed by atoms with Crippen molar-refractivity contribution in [3.63, 3.8) is 0 Å². The molecule has 0 unspecified atom stereocenters. The van der Waals surface area contributed by atoms with Crippen molar-refractivity contribution in [1.82, 2.24) is 24.9 Å². The van der Waals surface area contributed by atoms with Gasteiger partial charge in [0.1, 0.15) is 17.1 Å².